The molecule has 6 amide bonds. The van der Waals surface area contributed by atoms with E-state index in [2.05, 4.69) is 120 Å². The number of carbonyl (C=O) groups excluding carboxylic acids is 7. The molecule has 0 atom stereocenters. The Morgan fingerprint density at radius 2 is 0.738 bits per heavy atom. The van der Waals surface area contributed by atoms with E-state index in [1.165, 1.54) is 25.6 Å². The van der Waals surface area contributed by atoms with E-state index in [4.69, 9.17) is 11.5 Å². The second kappa shape index (κ2) is 36.8. The number of aryl methyl sites for hydroxylation is 5. The number of hydrogen-bond donors (Lipinski definition) is 10. The van der Waals surface area contributed by atoms with Crippen LogP contribution in [-0.2, 0) is 32.2 Å². The normalized spacial score (nSPS) is 19.1. The van der Waals surface area contributed by atoms with E-state index in [-0.39, 0.29) is 68.9 Å². The minimum Gasteiger partial charge on any atom is -0.384 e. The van der Waals surface area contributed by atoms with Crippen LogP contribution in [0.3, 0.4) is 0 Å². The van der Waals surface area contributed by atoms with Gasteiger partial charge in [0.1, 0.15) is 111 Å². The molecule has 12 heterocycles. The maximum atomic E-state index is 13.3. The lowest BCUT2D eigenvalue weighted by molar-refractivity contribution is -0.120. The van der Waals surface area contributed by atoms with E-state index < -0.39 is 28.6 Å². The number of halogens is 3. The van der Waals surface area contributed by atoms with E-state index in [0.29, 0.717) is 94.0 Å². The summed E-state index contributed by atoms with van der Waals surface area (Å²) in [4.78, 5) is 171. The van der Waals surface area contributed by atoms with Crippen LogP contribution in [0.5, 0.6) is 0 Å². The van der Waals surface area contributed by atoms with Crippen molar-refractivity contribution < 1.29 is 33.6 Å². The van der Waals surface area contributed by atoms with Crippen molar-refractivity contribution in [2.75, 3.05) is 21.7 Å². The number of anilines is 6. The molecule has 32 nitrogen and oxygen atoms in total. The maximum Gasteiger partial charge on any atom is 0.276 e. The molecule has 8 aromatic rings. The molecule has 122 heavy (non-hydrogen) atoms. The highest BCUT2D eigenvalue weighted by Gasteiger charge is 2.50. The summed E-state index contributed by atoms with van der Waals surface area (Å²) < 4.78 is 8.24. The van der Waals surface area contributed by atoms with Crippen LogP contribution in [0.4, 0.5) is 34.6 Å². The number of carbonyl (C=O) groups is 7. The summed E-state index contributed by atoms with van der Waals surface area (Å²) in [5, 5.41) is 21.3. The fourth-order valence-electron chi connectivity index (χ4n) is 18.3. The van der Waals surface area contributed by atoms with E-state index in [1.54, 1.807) is 74.2 Å². The van der Waals surface area contributed by atoms with Crippen molar-refractivity contribution in [2.45, 2.75) is 268 Å². The first-order chi connectivity index (χ1) is 58.4. The third-order valence-electron chi connectivity index (χ3n) is 24.8. The van der Waals surface area contributed by atoms with Crippen LogP contribution >= 0.6 is 47.8 Å². The van der Waals surface area contributed by atoms with Gasteiger partial charge < -0.3 is 53.7 Å². The average molecular weight is 1860 g/mol. The molecule has 0 aromatic carbocycles. The molecule has 12 aliphatic rings. The molecular weight excluding hydrogens is 1760 g/mol. The quantitative estimate of drug-likeness (QED) is 0.0641. The highest BCUT2D eigenvalue weighted by atomic mass is 79.9. The lowest BCUT2D eigenvalue weighted by Crippen LogP contribution is -2.48. The van der Waals surface area contributed by atoms with Gasteiger partial charge in [-0.3, -0.25) is 75.8 Å². The number of fused-ring (bicyclic) bond motifs is 8. The van der Waals surface area contributed by atoms with Crippen LogP contribution < -0.4 is 76.5 Å². The van der Waals surface area contributed by atoms with E-state index in [9.17, 15) is 57.5 Å². The number of aromatic amines is 1. The predicted octanol–water partition coefficient (Wildman–Crippen LogP) is 12.9. The van der Waals surface area contributed by atoms with Crippen LogP contribution in [-0.4, -0.2) is 94.4 Å². The van der Waals surface area contributed by atoms with Gasteiger partial charge in [0, 0.05) is 60.2 Å². The van der Waals surface area contributed by atoms with Gasteiger partial charge in [0.25, 0.3) is 57.3 Å². The molecule has 0 bridgehead atoms. The van der Waals surface area contributed by atoms with Crippen LogP contribution in [0.15, 0.2) is 105 Å². The molecule has 0 unspecified atom stereocenters. The SMILES string of the molecule is Cc1cc(Br)c(=O)[nH]c1C(N)=O.Cc1cc(Br)c(=O)n2c1C(=O)NC21CCCCC1.Cc1cc(Br)c(=O)n2c1C(=O)NC21CCCCC1.Cc1cc(Nc2cc(C3CC3)ncn2)c(=O)n2c1C(=O)NC21CCCCC1.Cc1cc(Nc2cc(C3CC3)ncn2)c(=O)n2c1C(=O)NC21CCCCC1.Nc1cc(NC(=O)C2CC2)ncn1.O=C1CCCCC1. The highest BCUT2D eigenvalue weighted by molar-refractivity contribution is 9.11. The van der Waals surface area contributed by atoms with Gasteiger partial charge in [0.2, 0.25) is 5.91 Å². The Bertz CT molecular complexity index is 5510. The zero-order valence-corrected chi connectivity index (χ0v) is 73.9. The molecule has 4 spiro atoms. The summed E-state index contributed by atoms with van der Waals surface area (Å²) in [6.07, 6.45) is 35.7. The molecule has 644 valence electrons. The number of nitrogen functional groups attached to an aromatic ring is 1. The number of pyridine rings is 5. The van der Waals surface area contributed by atoms with Gasteiger partial charge in [-0.2, -0.15) is 0 Å². The second-order valence-electron chi connectivity index (χ2n) is 34.0. The Kier molecular flexibility index (Phi) is 26.4. The molecule has 0 saturated heterocycles. The number of aromatic nitrogens is 11. The van der Waals surface area contributed by atoms with Crippen LogP contribution in [0, 0.1) is 40.5 Å². The molecule has 8 saturated carbocycles. The summed E-state index contributed by atoms with van der Waals surface area (Å²) in [5.41, 5.74) is 16.6. The first-order valence-electron chi connectivity index (χ1n) is 42.4. The first kappa shape index (κ1) is 87.7. The Hall–Kier alpha value is -10.7. The minimum absolute atomic E-state index is 0.0260. The largest absolute Gasteiger partial charge is 0.384 e. The standard InChI is InChI=1S/2C20H23N5O2.2C13H15BrN2O2.C8H10N4O.C7H7BrN2O2.C6H10O/c2*1-12-9-15(23-16-10-14(13-5-6-13)21-11-22-16)19(27)25-17(12)18(26)24-20(25)7-3-2-4-8-20;2*1-8-7-9(14)12(18)16-10(8)11(17)15-13(16)5-3-2-4-6-13;9-6-3-7(11-4-10-6)12-8(13)5-1-2-5;1-3-2-4(8)7(12)10-5(3)6(9)11;7-6-4-2-1-3-5-6/h2*9-11,13H,2-8H2,1H3,(H,24,26)(H,21,22,23);2*7H,2-6H2,1H3,(H,15,17);3-5H,1-2H2,(H3,9,10,11,12,13);2H,1H3,(H2,9,11)(H,10,12);1-5H2. The zero-order valence-electron chi connectivity index (χ0n) is 69.2. The molecule has 8 aliphatic carbocycles. The number of nitrogens with one attached hydrogen (secondary N) is 8. The molecule has 8 fully saturated rings. The summed E-state index contributed by atoms with van der Waals surface area (Å²) in [6.45, 7) is 9.21. The number of amides is 6. The first-order valence-corrected chi connectivity index (χ1v) is 44.8. The highest BCUT2D eigenvalue weighted by Crippen LogP contribution is 2.44. The van der Waals surface area contributed by atoms with Gasteiger partial charge in [-0.05, 0) is 295 Å². The fraction of sp³-hybridized carbons (Fsp3) is 0.494. The Labute approximate surface area is 728 Å². The van der Waals surface area contributed by atoms with Crippen LogP contribution in [0.25, 0.3) is 0 Å². The molecule has 0 radical (unpaired) electrons. The lowest BCUT2D eigenvalue weighted by Gasteiger charge is -2.35. The number of Topliss-reactive ketones (excluding diaryl/α,β-unsaturated/α-hetero) is 1. The molecular formula is C87H103Br3N20O12. The van der Waals surface area contributed by atoms with Gasteiger partial charge in [0.15, 0.2) is 0 Å². The Balaban J connectivity index is 0.000000120. The second-order valence-corrected chi connectivity index (χ2v) is 36.6. The van der Waals surface area contributed by atoms with Crippen LogP contribution in [0.1, 0.15) is 303 Å². The molecule has 4 aliphatic heterocycles. The number of nitrogens with two attached hydrogens (primary N) is 2. The molecule has 8 aromatic heterocycles. The number of rotatable bonds is 9. The lowest BCUT2D eigenvalue weighted by atomic mass is 9.89. The molecule has 35 heteroatoms. The topological polar surface area (TPSA) is 454 Å². The number of primary amides is 1. The van der Waals surface area contributed by atoms with Gasteiger partial charge in [-0.15, -0.1) is 0 Å². The number of ketones is 1. The van der Waals surface area contributed by atoms with E-state index >= 15 is 0 Å². The summed E-state index contributed by atoms with van der Waals surface area (Å²) in [7, 11) is 0. The van der Waals surface area contributed by atoms with Crippen molar-refractivity contribution in [1.82, 2.24) is 74.4 Å². The van der Waals surface area contributed by atoms with Gasteiger partial charge in [-0.1, -0.05) is 32.1 Å². The predicted molar refractivity (Wildman–Crippen MR) is 470 cm³/mol. The number of hydrogen-bond acceptors (Lipinski definition) is 21. The van der Waals surface area contributed by atoms with Crippen molar-refractivity contribution in [3.05, 3.63) is 200 Å². The van der Waals surface area contributed by atoms with Crippen molar-refractivity contribution in [1.29, 1.82) is 0 Å². The monoisotopic (exact) mass is 1860 g/mol. The molecule has 20 rings (SSSR count). The maximum absolute atomic E-state index is 13.3. The van der Waals surface area contributed by atoms with Gasteiger partial charge in [0.05, 0.1) is 13.4 Å². The zero-order chi connectivity index (χ0) is 86.7. The fourth-order valence-corrected chi connectivity index (χ4v) is 19.7. The van der Waals surface area contributed by atoms with Crippen molar-refractivity contribution in [3.63, 3.8) is 0 Å². The number of nitrogens with zero attached hydrogens (tertiary/aromatic N) is 10. The van der Waals surface area contributed by atoms with Gasteiger partial charge in [-0.25, -0.2) is 29.9 Å². The van der Waals surface area contributed by atoms with Crippen molar-refractivity contribution in [2.24, 2.45) is 11.7 Å². The summed E-state index contributed by atoms with van der Waals surface area (Å²) >= 11 is 9.63. The average Bonchev–Trinajstić information content (AvgIpc) is 1.59. The van der Waals surface area contributed by atoms with E-state index in [0.717, 1.165) is 213 Å². The van der Waals surface area contributed by atoms with Gasteiger partial charge >= 0.3 is 0 Å². The third kappa shape index (κ3) is 18.9. The summed E-state index contributed by atoms with van der Waals surface area (Å²) in [5.74, 6) is 2.65. The molecule has 12 N–H and O–H groups in total. The smallest absolute Gasteiger partial charge is 0.276 e. The van der Waals surface area contributed by atoms with Crippen molar-refractivity contribution in [3.8, 4) is 0 Å². The Morgan fingerprint density at radius 3 is 1.07 bits per heavy atom. The number of H-pyrrole nitrogens is 1. The van der Waals surface area contributed by atoms with E-state index in [1.807, 2.05) is 39.8 Å². The minimum atomic E-state index is -0.628. The Morgan fingerprint density at radius 1 is 0.402 bits per heavy atom. The van der Waals surface area contributed by atoms with Crippen molar-refractivity contribution >= 4 is 124 Å². The third-order valence-corrected chi connectivity index (χ3v) is 26.5. The van der Waals surface area contributed by atoms with Crippen LogP contribution in [0.2, 0.25) is 0 Å². The summed E-state index contributed by atoms with van der Waals surface area (Å²) in [6, 6.07) is 13.9.